The molecule has 0 bridgehead atoms. The van der Waals surface area contributed by atoms with Crippen LogP contribution in [0.15, 0.2) is 36.5 Å². The van der Waals surface area contributed by atoms with Crippen LogP contribution in [0.3, 0.4) is 0 Å². The van der Waals surface area contributed by atoms with Crippen molar-refractivity contribution >= 4 is 22.8 Å². The highest BCUT2D eigenvalue weighted by molar-refractivity contribution is 5.87. The summed E-state index contributed by atoms with van der Waals surface area (Å²) in [5.74, 6) is 1.37. The van der Waals surface area contributed by atoms with E-state index in [-0.39, 0.29) is 0 Å². The monoisotopic (exact) mass is 268 g/mol. The van der Waals surface area contributed by atoms with Crippen LogP contribution in [0.1, 0.15) is 5.56 Å². The summed E-state index contributed by atoms with van der Waals surface area (Å²) in [5.41, 5.74) is 2.01. The van der Waals surface area contributed by atoms with Gasteiger partial charge in [-0.05, 0) is 5.56 Å². The lowest BCUT2D eigenvalue weighted by molar-refractivity contribution is 0.786. The van der Waals surface area contributed by atoms with Gasteiger partial charge in [-0.25, -0.2) is 0 Å². The molecule has 0 aliphatic rings. The maximum atomic E-state index is 4.46. The summed E-state index contributed by atoms with van der Waals surface area (Å²) in [6.45, 7) is 0.713. The zero-order chi connectivity index (χ0) is 13.9. The average Bonchev–Trinajstić information content (AvgIpc) is 2.87. The Balaban J connectivity index is 1.94. The zero-order valence-electron chi connectivity index (χ0n) is 11.5. The molecule has 6 nitrogen and oxygen atoms in total. The van der Waals surface area contributed by atoms with Gasteiger partial charge in [0.2, 0.25) is 5.95 Å². The minimum absolute atomic E-state index is 0.580. The number of nitrogens with one attached hydrogen (secondary N) is 2. The predicted molar refractivity (Wildman–Crippen MR) is 79.6 cm³/mol. The van der Waals surface area contributed by atoms with Crippen molar-refractivity contribution in [3.8, 4) is 0 Å². The number of nitrogens with zero attached hydrogens (tertiary/aromatic N) is 4. The number of rotatable bonds is 4. The Morgan fingerprint density at radius 2 is 1.95 bits per heavy atom. The first-order chi connectivity index (χ1) is 9.78. The maximum absolute atomic E-state index is 4.46. The second-order valence-electron chi connectivity index (χ2n) is 4.49. The van der Waals surface area contributed by atoms with Gasteiger partial charge in [-0.3, -0.25) is 4.68 Å². The van der Waals surface area contributed by atoms with E-state index >= 15 is 0 Å². The Labute approximate surface area is 116 Å². The van der Waals surface area contributed by atoms with Crippen molar-refractivity contribution in [2.24, 2.45) is 7.05 Å². The minimum atomic E-state index is 0.580. The van der Waals surface area contributed by atoms with Crippen LogP contribution in [0.5, 0.6) is 0 Å². The molecule has 0 radical (unpaired) electrons. The zero-order valence-corrected chi connectivity index (χ0v) is 11.5. The fourth-order valence-electron chi connectivity index (χ4n) is 2.05. The topological polar surface area (TPSA) is 67.7 Å². The van der Waals surface area contributed by atoms with Crippen molar-refractivity contribution in [3.63, 3.8) is 0 Å². The molecule has 0 saturated carbocycles. The molecule has 2 N–H and O–H groups in total. The van der Waals surface area contributed by atoms with Crippen LogP contribution in [-0.2, 0) is 13.6 Å². The summed E-state index contributed by atoms with van der Waals surface area (Å²) in [7, 11) is 3.67. The SMILES string of the molecule is CNc1nc(NCc2ccccc2)c2cnn(C)c2n1. The molecule has 3 rings (SSSR count). The van der Waals surface area contributed by atoms with E-state index in [1.54, 1.807) is 17.9 Å². The van der Waals surface area contributed by atoms with Crippen LogP contribution in [0.4, 0.5) is 11.8 Å². The molecule has 102 valence electrons. The predicted octanol–water partition coefficient (Wildman–Crippen LogP) is 2.02. The van der Waals surface area contributed by atoms with Crippen molar-refractivity contribution < 1.29 is 0 Å². The fraction of sp³-hybridized carbons (Fsp3) is 0.214. The van der Waals surface area contributed by atoms with Crippen LogP contribution >= 0.6 is 0 Å². The molecule has 0 unspecified atom stereocenters. The third-order valence-corrected chi connectivity index (χ3v) is 3.12. The second-order valence-corrected chi connectivity index (χ2v) is 4.49. The Kier molecular flexibility index (Phi) is 3.20. The highest BCUT2D eigenvalue weighted by Crippen LogP contribution is 2.21. The molecule has 0 atom stereocenters. The van der Waals surface area contributed by atoms with E-state index in [2.05, 4.69) is 37.8 Å². The van der Waals surface area contributed by atoms with E-state index in [1.807, 2.05) is 25.2 Å². The number of aryl methyl sites for hydroxylation is 1. The lowest BCUT2D eigenvalue weighted by Gasteiger charge is -2.08. The number of anilines is 2. The van der Waals surface area contributed by atoms with Gasteiger partial charge < -0.3 is 10.6 Å². The van der Waals surface area contributed by atoms with Crippen LogP contribution in [0, 0.1) is 0 Å². The van der Waals surface area contributed by atoms with E-state index in [4.69, 9.17) is 0 Å². The third kappa shape index (κ3) is 2.27. The third-order valence-electron chi connectivity index (χ3n) is 3.12. The van der Waals surface area contributed by atoms with Crippen molar-refractivity contribution in [2.75, 3.05) is 17.7 Å². The van der Waals surface area contributed by atoms with Gasteiger partial charge in [0.05, 0.1) is 11.6 Å². The van der Waals surface area contributed by atoms with E-state index in [9.17, 15) is 0 Å². The van der Waals surface area contributed by atoms with Crippen molar-refractivity contribution in [2.45, 2.75) is 6.54 Å². The normalized spacial score (nSPS) is 10.7. The Hall–Kier alpha value is -2.63. The number of benzene rings is 1. The lowest BCUT2D eigenvalue weighted by Crippen LogP contribution is -2.06. The summed E-state index contributed by atoms with van der Waals surface area (Å²) >= 11 is 0. The molecule has 0 aliphatic carbocycles. The number of hydrogen-bond acceptors (Lipinski definition) is 5. The fourth-order valence-corrected chi connectivity index (χ4v) is 2.05. The quantitative estimate of drug-likeness (QED) is 0.757. The van der Waals surface area contributed by atoms with Gasteiger partial charge in [-0.15, -0.1) is 0 Å². The Bertz CT molecular complexity index is 719. The number of hydrogen-bond donors (Lipinski definition) is 2. The summed E-state index contributed by atoms with van der Waals surface area (Å²) in [4.78, 5) is 8.87. The summed E-state index contributed by atoms with van der Waals surface area (Å²) in [5, 5.41) is 11.5. The second kappa shape index (κ2) is 5.16. The first kappa shape index (κ1) is 12.4. The number of fused-ring (bicyclic) bond motifs is 1. The molecular formula is C14H16N6. The summed E-state index contributed by atoms with van der Waals surface area (Å²) in [6, 6.07) is 10.2. The molecule has 0 amide bonds. The molecule has 2 heterocycles. The standard InChI is InChI=1S/C14H16N6/c1-15-14-18-12(11-9-17-20(2)13(11)19-14)16-8-10-6-4-3-5-7-10/h3-7,9H,8H2,1-2H3,(H2,15,16,18,19). The highest BCUT2D eigenvalue weighted by atomic mass is 15.3. The molecule has 0 saturated heterocycles. The molecule has 0 spiro atoms. The Morgan fingerprint density at radius 1 is 1.15 bits per heavy atom. The average molecular weight is 268 g/mol. The van der Waals surface area contributed by atoms with E-state index < -0.39 is 0 Å². The van der Waals surface area contributed by atoms with E-state index in [0.29, 0.717) is 12.5 Å². The summed E-state index contributed by atoms with van der Waals surface area (Å²) in [6.07, 6.45) is 1.78. The Morgan fingerprint density at radius 3 is 2.70 bits per heavy atom. The van der Waals surface area contributed by atoms with Crippen molar-refractivity contribution in [3.05, 3.63) is 42.1 Å². The largest absolute Gasteiger partial charge is 0.365 e. The molecule has 1 aromatic carbocycles. The lowest BCUT2D eigenvalue weighted by atomic mass is 10.2. The minimum Gasteiger partial charge on any atom is -0.365 e. The molecular weight excluding hydrogens is 252 g/mol. The molecule has 6 heteroatoms. The molecule has 2 aromatic heterocycles. The van der Waals surface area contributed by atoms with E-state index in [0.717, 1.165) is 16.9 Å². The van der Waals surface area contributed by atoms with Gasteiger partial charge >= 0.3 is 0 Å². The molecule has 0 fully saturated rings. The van der Waals surface area contributed by atoms with Gasteiger partial charge in [0, 0.05) is 20.6 Å². The van der Waals surface area contributed by atoms with Gasteiger partial charge in [0.1, 0.15) is 5.82 Å². The van der Waals surface area contributed by atoms with Gasteiger partial charge in [-0.1, -0.05) is 30.3 Å². The van der Waals surface area contributed by atoms with Gasteiger partial charge in [0.25, 0.3) is 0 Å². The molecule has 0 aliphatic heterocycles. The first-order valence-corrected chi connectivity index (χ1v) is 6.43. The first-order valence-electron chi connectivity index (χ1n) is 6.43. The van der Waals surface area contributed by atoms with Crippen LogP contribution < -0.4 is 10.6 Å². The van der Waals surface area contributed by atoms with Crippen LogP contribution in [-0.4, -0.2) is 26.8 Å². The van der Waals surface area contributed by atoms with Crippen molar-refractivity contribution in [1.29, 1.82) is 0 Å². The molecule has 20 heavy (non-hydrogen) atoms. The van der Waals surface area contributed by atoms with E-state index in [1.165, 1.54) is 5.56 Å². The maximum Gasteiger partial charge on any atom is 0.226 e. The highest BCUT2D eigenvalue weighted by Gasteiger charge is 2.10. The van der Waals surface area contributed by atoms with Crippen LogP contribution in [0.2, 0.25) is 0 Å². The smallest absolute Gasteiger partial charge is 0.226 e. The molecule has 3 aromatic rings. The van der Waals surface area contributed by atoms with Gasteiger partial charge in [-0.2, -0.15) is 15.1 Å². The summed E-state index contributed by atoms with van der Waals surface area (Å²) < 4.78 is 1.74. The number of aromatic nitrogens is 4. The van der Waals surface area contributed by atoms with Crippen LogP contribution in [0.25, 0.3) is 11.0 Å². The van der Waals surface area contributed by atoms with Crippen molar-refractivity contribution in [1.82, 2.24) is 19.7 Å². The van der Waals surface area contributed by atoms with Gasteiger partial charge in [0.15, 0.2) is 5.65 Å².